The van der Waals surface area contributed by atoms with Gasteiger partial charge in [0.25, 0.3) is 0 Å². The molecule has 138 valence electrons. The molecule has 27 heavy (non-hydrogen) atoms. The molecule has 0 radical (unpaired) electrons. The lowest BCUT2D eigenvalue weighted by Gasteiger charge is -2.37. The third-order valence-corrected chi connectivity index (χ3v) is 7.69. The van der Waals surface area contributed by atoms with Gasteiger partial charge in [0.05, 0.1) is 5.56 Å². The minimum absolute atomic E-state index is 0.251. The van der Waals surface area contributed by atoms with E-state index in [4.69, 9.17) is 0 Å². The molecule has 0 saturated carbocycles. The van der Waals surface area contributed by atoms with Crippen molar-refractivity contribution in [1.82, 2.24) is 0 Å². The highest BCUT2D eigenvalue weighted by atomic mass is 79.9. The maximum atomic E-state index is 3.62. The minimum atomic E-state index is 0.251. The van der Waals surface area contributed by atoms with Gasteiger partial charge >= 0.3 is 0 Å². The van der Waals surface area contributed by atoms with E-state index in [9.17, 15) is 0 Å². The summed E-state index contributed by atoms with van der Waals surface area (Å²) in [6.45, 7) is 5.70. The Morgan fingerprint density at radius 1 is 1.19 bits per heavy atom. The lowest BCUT2D eigenvalue weighted by Crippen LogP contribution is -2.34. The number of benzene rings is 1. The molecule has 1 aromatic carbocycles. The van der Waals surface area contributed by atoms with Gasteiger partial charge in [-0.15, -0.1) is 0 Å². The summed E-state index contributed by atoms with van der Waals surface area (Å²) in [7, 11) is 0. The average Bonchev–Trinajstić information content (AvgIpc) is 3.02. The van der Waals surface area contributed by atoms with Crippen LogP contribution in [-0.4, -0.2) is 34.5 Å². The molecule has 0 fully saturated rings. The van der Waals surface area contributed by atoms with Crippen LogP contribution in [0.1, 0.15) is 42.9 Å². The molecule has 0 bridgehead atoms. The largest absolute Gasteiger partial charge is 0.371 e. The molecule has 1 unspecified atom stereocenters. The maximum absolute atomic E-state index is 3.62. The van der Waals surface area contributed by atoms with Crippen LogP contribution in [0.25, 0.3) is 0 Å². The smallest absolute Gasteiger partial charge is 0.249 e. The molecule has 0 spiro atoms. The first-order chi connectivity index (χ1) is 13.2. The number of aryl methyl sites for hydroxylation is 2. The number of rotatable bonds is 2. The van der Waals surface area contributed by atoms with E-state index in [2.05, 4.69) is 68.5 Å². The van der Waals surface area contributed by atoms with Gasteiger partial charge in [0.2, 0.25) is 10.7 Å². The summed E-state index contributed by atoms with van der Waals surface area (Å²) in [5.41, 5.74) is 7.40. The van der Waals surface area contributed by atoms with Crippen molar-refractivity contribution >= 4 is 38.4 Å². The third kappa shape index (κ3) is 3.09. The second-order valence-corrected chi connectivity index (χ2v) is 9.70. The van der Waals surface area contributed by atoms with E-state index in [1.807, 2.05) is 11.8 Å². The van der Waals surface area contributed by atoms with Gasteiger partial charge < -0.3 is 4.90 Å². The van der Waals surface area contributed by atoms with E-state index in [0.29, 0.717) is 0 Å². The Kier molecular flexibility index (Phi) is 4.70. The second-order valence-electron chi connectivity index (χ2n) is 7.59. The van der Waals surface area contributed by atoms with E-state index in [0.717, 1.165) is 17.4 Å². The number of hydrogen-bond donors (Lipinski definition) is 0. The van der Waals surface area contributed by atoms with Crippen LogP contribution in [0.2, 0.25) is 0 Å². The number of halogens is 1. The Morgan fingerprint density at radius 3 is 2.63 bits per heavy atom. The van der Waals surface area contributed by atoms with Gasteiger partial charge in [0.1, 0.15) is 6.54 Å². The van der Waals surface area contributed by atoms with Gasteiger partial charge in [-0.1, -0.05) is 27.8 Å². The standard InChI is InChI=1S/C23H24BrN2S/c1-2-26-20-11-10-19(24)8-3-9-21(20)27-23(26)18-14-16-6-4-12-25-13-5-7-17(15-18)22(16)25/h10-11,14-15,21H,2,4-8,12-13H2,1H3/q+1/b19-10+,20-11?. The van der Waals surface area contributed by atoms with Crippen LogP contribution in [0.5, 0.6) is 0 Å². The van der Waals surface area contributed by atoms with E-state index in [1.165, 1.54) is 55.1 Å². The van der Waals surface area contributed by atoms with Crippen molar-refractivity contribution in [2.24, 2.45) is 0 Å². The molecule has 4 heteroatoms. The fourth-order valence-corrected chi connectivity index (χ4v) is 6.30. The summed E-state index contributed by atoms with van der Waals surface area (Å²) in [5.74, 6) is 6.83. The van der Waals surface area contributed by atoms with Crippen LogP contribution in [0.3, 0.4) is 0 Å². The van der Waals surface area contributed by atoms with Crippen LogP contribution in [0, 0.1) is 11.8 Å². The van der Waals surface area contributed by atoms with Crippen molar-refractivity contribution in [2.75, 3.05) is 24.5 Å². The van der Waals surface area contributed by atoms with E-state index in [-0.39, 0.29) is 5.25 Å². The van der Waals surface area contributed by atoms with Gasteiger partial charge in [-0.3, -0.25) is 0 Å². The fourth-order valence-electron chi connectivity index (χ4n) is 4.72. The number of allylic oxidation sites excluding steroid dienone is 3. The lowest BCUT2D eigenvalue weighted by atomic mass is 9.90. The van der Waals surface area contributed by atoms with E-state index >= 15 is 0 Å². The number of thioether (sulfide) groups is 1. The van der Waals surface area contributed by atoms with Gasteiger partial charge in [-0.05, 0) is 73.7 Å². The van der Waals surface area contributed by atoms with Crippen LogP contribution < -0.4 is 4.90 Å². The van der Waals surface area contributed by atoms with Crippen molar-refractivity contribution in [3.05, 3.63) is 51.2 Å². The van der Waals surface area contributed by atoms with Crippen LogP contribution in [0.4, 0.5) is 5.69 Å². The Labute approximate surface area is 174 Å². The zero-order chi connectivity index (χ0) is 18.4. The molecule has 4 aliphatic rings. The zero-order valence-electron chi connectivity index (χ0n) is 15.7. The summed E-state index contributed by atoms with van der Waals surface area (Å²) in [5, 5.41) is 1.64. The van der Waals surface area contributed by atoms with Gasteiger partial charge in [0, 0.05) is 35.8 Å². The number of hydrogen-bond acceptors (Lipinski definition) is 2. The highest BCUT2D eigenvalue weighted by Gasteiger charge is 2.38. The molecule has 5 rings (SSSR count). The quantitative estimate of drug-likeness (QED) is 0.479. The number of anilines is 1. The highest BCUT2D eigenvalue weighted by molar-refractivity contribution is 9.11. The predicted octanol–water partition coefficient (Wildman–Crippen LogP) is 4.85. The van der Waals surface area contributed by atoms with Gasteiger partial charge in [0.15, 0.2) is 5.25 Å². The summed E-state index contributed by atoms with van der Waals surface area (Å²) >= 11 is 5.56. The molecule has 3 heterocycles. The highest BCUT2D eigenvalue weighted by Crippen LogP contribution is 2.39. The summed E-state index contributed by atoms with van der Waals surface area (Å²) in [6.07, 6.45) is 10.3. The number of fused-ring (bicyclic) bond motifs is 1. The molecule has 1 atom stereocenters. The van der Waals surface area contributed by atoms with Crippen molar-refractivity contribution in [1.29, 1.82) is 0 Å². The van der Waals surface area contributed by atoms with Crippen LogP contribution in [0.15, 0.2) is 34.5 Å². The van der Waals surface area contributed by atoms with Crippen molar-refractivity contribution in [2.45, 2.75) is 44.3 Å². The number of nitrogens with zero attached hydrogens (tertiary/aromatic N) is 2. The SMILES string of the molecule is CC[N+]1=C(c2cc3c4c(c2)CCCN4CCC3)SC2C#CC/C(Br)=C\C=C21. The first-order valence-corrected chi connectivity index (χ1v) is 11.7. The van der Waals surface area contributed by atoms with Crippen molar-refractivity contribution < 1.29 is 4.58 Å². The lowest BCUT2D eigenvalue weighted by molar-refractivity contribution is -0.467. The first kappa shape index (κ1) is 17.6. The molecule has 1 aliphatic carbocycles. The molecule has 3 aliphatic heterocycles. The molecule has 0 N–H and O–H groups in total. The Hall–Kier alpha value is -1.44. The first-order valence-electron chi connectivity index (χ1n) is 10.0. The van der Waals surface area contributed by atoms with Crippen molar-refractivity contribution in [3.63, 3.8) is 0 Å². The van der Waals surface area contributed by atoms with Crippen molar-refractivity contribution in [3.8, 4) is 11.8 Å². The molecule has 0 aromatic heterocycles. The zero-order valence-corrected chi connectivity index (χ0v) is 18.1. The Morgan fingerprint density at radius 2 is 1.93 bits per heavy atom. The summed E-state index contributed by atoms with van der Waals surface area (Å²) in [6, 6.07) is 4.94. The molecule has 0 amide bonds. The topological polar surface area (TPSA) is 6.25 Å². The molecule has 0 saturated heterocycles. The molecular weight excluding hydrogens is 416 g/mol. The van der Waals surface area contributed by atoms with E-state index < -0.39 is 0 Å². The van der Waals surface area contributed by atoms with Gasteiger partial charge in [-0.2, -0.15) is 4.58 Å². The normalized spacial score (nSPS) is 25.4. The monoisotopic (exact) mass is 439 g/mol. The average molecular weight is 440 g/mol. The summed E-state index contributed by atoms with van der Waals surface area (Å²) < 4.78 is 3.64. The molecule has 2 nitrogen and oxygen atoms in total. The minimum Gasteiger partial charge on any atom is -0.371 e. The predicted molar refractivity (Wildman–Crippen MR) is 119 cm³/mol. The van der Waals surface area contributed by atoms with E-state index in [1.54, 1.807) is 16.8 Å². The van der Waals surface area contributed by atoms with Crippen LogP contribution in [-0.2, 0) is 12.8 Å². The fraction of sp³-hybridized carbons (Fsp3) is 0.435. The Bertz CT molecular complexity index is 929. The summed E-state index contributed by atoms with van der Waals surface area (Å²) in [4.78, 5) is 2.62. The van der Waals surface area contributed by atoms with Gasteiger partial charge in [-0.25, -0.2) is 0 Å². The Balaban J connectivity index is 1.63. The van der Waals surface area contributed by atoms with Crippen LogP contribution >= 0.6 is 27.7 Å². The third-order valence-electron chi connectivity index (χ3n) is 5.88. The molecular formula is C23H24BrN2S+. The second kappa shape index (κ2) is 7.18. The molecule has 1 aromatic rings. The maximum Gasteiger partial charge on any atom is 0.249 e.